The molecule has 2 rings (SSSR count). The van der Waals surface area contributed by atoms with Crippen LogP contribution in [0.4, 0.5) is 5.82 Å². The van der Waals surface area contributed by atoms with E-state index in [0.717, 1.165) is 20.8 Å². The number of nitrogens with one attached hydrogen (secondary N) is 1. The molecule has 6 heteroatoms. The zero-order valence-electron chi connectivity index (χ0n) is 8.07. The van der Waals surface area contributed by atoms with Gasteiger partial charge >= 0.3 is 0 Å². The van der Waals surface area contributed by atoms with Crippen LogP contribution in [0.1, 0.15) is 11.5 Å². The van der Waals surface area contributed by atoms with Crippen LogP contribution in [0.15, 0.2) is 23.3 Å². The van der Waals surface area contributed by atoms with E-state index in [1.165, 1.54) is 12.7 Å². The molecule has 2 heterocycles. The van der Waals surface area contributed by atoms with Crippen molar-refractivity contribution >= 4 is 28.4 Å². The number of aromatic nitrogens is 3. The largest absolute Gasteiger partial charge is 0.448 e. The molecular formula is C9H9IN4O. The minimum absolute atomic E-state index is 0.606. The Balaban J connectivity index is 2.06. The van der Waals surface area contributed by atoms with Gasteiger partial charge in [0.15, 0.2) is 6.39 Å². The fraction of sp³-hybridized carbons (Fsp3) is 0.222. The second kappa shape index (κ2) is 4.56. The molecule has 0 saturated carbocycles. The van der Waals surface area contributed by atoms with Gasteiger partial charge in [0.1, 0.15) is 23.6 Å². The number of hydrogen-bond acceptors (Lipinski definition) is 5. The highest BCUT2D eigenvalue weighted by atomic mass is 127. The number of nitrogens with zero attached hydrogens (tertiary/aromatic N) is 3. The summed E-state index contributed by atoms with van der Waals surface area (Å²) < 4.78 is 6.08. The van der Waals surface area contributed by atoms with Crippen LogP contribution in [0.25, 0.3) is 0 Å². The first-order valence-electron chi connectivity index (χ1n) is 4.35. The minimum Gasteiger partial charge on any atom is -0.448 e. The van der Waals surface area contributed by atoms with Gasteiger partial charge in [0.05, 0.1) is 10.1 Å². The highest BCUT2D eigenvalue weighted by Gasteiger charge is 2.04. The summed E-state index contributed by atoms with van der Waals surface area (Å²) in [6.07, 6.45) is 4.71. The summed E-state index contributed by atoms with van der Waals surface area (Å²) >= 11 is 2.18. The maximum Gasteiger partial charge on any atom is 0.181 e. The van der Waals surface area contributed by atoms with Gasteiger partial charge in [-0.15, -0.1) is 0 Å². The van der Waals surface area contributed by atoms with Crippen LogP contribution in [-0.2, 0) is 6.54 Å². The highest BCUT2D eigenvalue weighted by molar-refractivity contribution is 14.1. The fourth-order valence-electron chi connectivity index (χ4n) is 1.11. The molecule has 78 valence electrons. The Kier molecular flexibility index (Phi) is 3.14. The van der Waals surface area contributed by atoms with E-state index in [1.807, 2.05) is 6.92 Å². The van der Waals surface area contributed by atoms with Gasteiger partial charge in [-0.2, -0.15) is 0 Å². The maximum atomic E-state index is 5.10. The van der Waals surface area contributed by atoms with E-state index < -0.39 is 0 Å². The van der Waals surface area contributed by atoms with Crippen LogP contribution in [0.2, 0.25) is 0 Å². The Morgan fingerprint density at radius 2 is 2.33 bits per heavy atom. The monoisotopic (exact) mass is 316 g/mol. The third-order valence-corrected chi connectivity index (χ3v) is 2.72. The summed E-state index contributed by atoms with van der Waals surface area (Å²) in [5.74, 6) is 1.64. The molecule has 0 aromatic carbocycles. The maximum absolute atomic E-state index is 5.10. The molecule has 2 aromatic heterocycles. The molecule has 0 aliphatic heterocycles. The van der Waals surface area contributed by atoms with Crippen molar-refractivity contribution in [1.82, 2.24) is 15.0 Å². The number of anilines is 1. The van der Waals surface area contributed by atoms with Gasteiger partial charge in [0.2, 0.25) is 0 Å². The Bertz CT molecular complexity index is 457. The molecule has 15 heavy (non-hydrogen) atoms. The molecule has 0 radical (unpaired) electrons. The lowest BCUT2D eigenvalue weighted by atomic mass is 10.3. The van der Waals surface area contributed by atoms with Crippen molar-refractivity contribution in [3.05, 3.63) is 33.9 Å². The van der Waals surface area contributed by atoms with Crippen molar-refractivity contribution in [3.63, 3.8) is 0 Å². The molecule has 0 bridgehead atoms. The van der Waals surface area contributed by atoms with Crippen molar-refractivity contribution < 1.29 is 4.42 Å². The molecule has 0 amide bonds. The van der Waals surface area contributed by atoms with Gasteiger partial charge < -0.3 is 9.73 Å². The summed E-state index contributed by atoms with van der Waals surface area (Å²) in [5, 5.41) is 3.18. The average Bonchev–Trinajstić information content (AvgIpc) is 2.63. The summed E-state index contributed by atoms with van der Waals surface area (Å²) in [7, 11) is 0. The minimum atomic E-state index is 0.606. The van der Waals surface area contributed by atoms with Gasteiger partial charge in [-0.1, -0.05) is 0 Å². The van der Waals surface area contributed by atoms with E-state index in [9.17, 15) is 0 Å². The topological polar surface area (TPSA) is 63.8 Å². The average molecular weight is 316 g/mol. The molecule has 0 aliphatic carbocycles. The molecule has 0 aliphatic rings. The van der Waals surface area contributed by atoms with Crippen LogP contribution >= 0.6 is 22.6 Å². The van der Waals surface area contributed by atoms with Crippen molar-refractivity contribution in [2.45, 2.75) is 13.5 Å². The summed E-state index contributed by atoms with van der Waals surface area (Å²) in [6.45, 7) is 2.49. The molecule has 0 spiro atoms. The number of halogens is 1. The predicted molar refractivity (Wildman–Crippen MR) is 63.3 cm³/mol. The lowest BCUT2D eigenvalue weighted by molar-refractivity contribution is 0.524. The van der Waals surface area contributed by atoms with Crippen LogP contribution in [0.3, 0.4) is 0 Å². The SMILES string of the molecule is Cc1ocnc1CNc1ncncc1I. The molecule has 1 N–H and O–H groups in total. The third-order valence-electron chi connectivity index (χ3n) is 1.94. The second-order valence-corrected chi connectivity index (χ2v) is 4.09. The smallest absolute Gasteiger partial charge is 0.181 e. The van der Waals surface area contributed by atoms with Gasteiger partial charge in [-0.25, -0.2) is 15.0 Å². The fourth-order valence-corrected chi connectivity index (χ4v) is 1.60. The number of oxazole rings is 1. The highest BCUT2D eigenvalue weighted by Crippen LogP contribution is 2.14. The normalized spacial score (nSPS) is 10.3. The van der Waals surface area contributed by atoms with E-state index in [2.05, 4.69) is 42.9 Å². The first kappa shape index (κ1) is 10.3. The molecule has 0 fully saturated rings. The van der Waals surface area contributed by atoms with E-state index in [1.54, 1.807) is 6.20 Å². The quantitative estimate of drug-likeness (QED) is 0.878. The van der Waals surface area contributed by atoms with Gasteiger partial charge in [0, 0.05) is 6.20 Å². The zero-order valence-corrected chi connectivity index (χ0v) is 10.2. The van der Waals surface area contributed by atoms with Crippen LogP contribution in [0.5, 0.6) is 0 Å². The van der Waals surface area contributed by atoms with Gasteiger partial charge in [-0.05, 0) is 29.5 Å². The molecule has 0 saturated heterocycles. The van der Waals surface area contributed by atoms with Crippen LogP contribution < -0.4 is 5.32 Å². The summed E-state index contributed by atoms with van der Waals surface area (Å²) in [6, 6.07) is 0. The van der Waals surface area contributed by atoms with E-state index in [4.69, 9.17) is 4.42 Å². The Hall–Kier alpha value is -1.18. The van der Waals surface area contributed by atoms with Crippen LogP contribution in [-0.4, -0.2) is 15.0 Å². The number of aryl methyl sites for hydroxylation is 1. The Morgan fingerprint density at radius 1 is 1.47 bits per heavy atom. The van der Waals surface area contributed by atoms with Crippen molar-refractivity contribution in [1.29, 1.82) is 0 Å². The molecule has 5 nitrogen and oxygen atoms in total. The third kappa shape index (κ3) is 2.44. The van der Waals surface area contributed by atoms with Gasteiger partial charge in [-0.3, -0.25) is 0 Å². The molecular weight excluding hydrogens is 307 g/mol. The van der Waals surface area contributed by atoms with Gasteiger partial charge in [0.25, 0.3) is 0 Å². The molecule has 2 aromatic rings. The zero-order chi connectivity index (χ0) is 10.7. The van der Waals surface area contributed by atoms with Crippen molar-refractivity contribution in [3.8, 4) is 0 Å². The lowest BCUT2D eigenvalue weighted by Crippen LogP contribution is -2.04. The second-order valence-electron chi connectivity index (χ2n) is 2.93. The van der Waals surface area contributed by atoms with E-state index in [0.29, 0.717) is 6.54 Å². The first-order valence-corrected chi connectivity index (χ1v) is 5.43. The standard InChI is InChI=1S/C9H9IN4O/c1-6-8(14-5-15-6)3-12-9-7(10)2-11-4-13-9/h2,4-5H,3H2,1H3,(H,11,12,13). The molecule has 0 unspecified atom stereocenters. The van der Waals surface area contributed by atoms with Crippen molar-refractivity contribution in [2.24, 2.45) is 0 Å². The van der Waals surface area contributed by atoms with E-state index >= 15 is 0 Å². The Labute approximate surface area is 100 Å². The molecule has 0 atom stereocenters. The van der Waals surface area contributed by atoms with Crippen LogP contribution in [0, 0.1) is 10.5 Å². The van der Waals surface area contributed by atoms with Crippen molar-refractivity contribution in [2.75, 3.05) is 5.32 Å². The summed E-state index contributed by atoms with van der Waals surface area (Å²) in [4.78, 5) is 12.1. The number of hydrogen-bond donors (Lipinski definition) is 1. The van der Waals surface area contributed by atoms with E-state index in [-0.39, 0.29) is 0 Å². The predicted octanol–water partition coefficient (Wildman–Crippen LogP) is 1.99. The first-order chi connectivity index (χ1) is 7.27. The number of rotatable bonds is 3. The Morgan fingerprint density at radius 3 is 3.00 bits per heavy atom. The summed E-state index contributed by atoms with van der Waals surface area (Å²) in [5.41, 5.74) is 0.893. The lowest BCUT2D eigenvalue weighted by Gasteiger charge is -2.04.